The Bertz CT molecular complexity index is 219. The topological polar surface area (TPSA) is 56.8 Å². The molecule has 1 amide bonds. The summed E-state index contributed by atoms with van der Waals surface area (Å²) in [6.07, 6.45) is 1.75. The van der Waals surface area contributed by atoms with Gasteiger partial charge in [-0.2, -0.15) is 0 Å². The minimum Gasteiger partial charge on any atom is -0.385 e. The molecule has 0 saturated heterocycles. The van der Waals surface area contributed by atoms with E-state index in [0.29, 0.717) is 26.4 Å². The predicted molar refractivity (Wildman–Crippen MR) is 70.6 cm³/mol. The fourth-order valence-corrected chi connectivity index (χ4v) is 1.30. The highest BCUT2D eigenvalue weighted by molar-refractivity contribution is 5.77. The third kappa shape index (κ3) is 10.5. The van der Waals surface area contributed by atoms with Crippen LogP contribution in [0.4, 0.5) is 0 Å². The average molecular weight is 261 g/mol. The molecule has 0 fully saturated rings. The van der Waals surface area contributed by atoms with Crippen molar-refractivity contribution in [3.63, 3.8) is 0 Å². The van der Waals surface area contributed by atoms with Crippen molar-refractivity contribution in [3.05, 3.63) is 0 Å². The number of methoxy groups -OCH3 is 1. The highest BCUT2D eigenvalue weighted by atomic mass is 16.5. The van der Waals surface area contributed by atoms with Crippen LogP contribution in [0.15, 0.2) is 0 Å². The molecule has 0 heterocycles. The average Bonchev–Trinajstić information content (AvgIpc) is 2.33. The molecule has 0 unspecified atom stereocenters. The van der Waals surface area contributed by atoms with Gasteiger partial charge in [-0.1, -0.05) is 6.92 Å². The van der Waals surface area contributed by atoms with Crippen molar-refractivity contribution in [2.45, 2.75) is 39.2 Å². The van der Waals surface area contributed by atoms with E-state index < -0.39 is 0 Å². The van der Waals surface area contributed by atoms with Crippen LogP contribution < -0.4 is 5.32 Å². The Morgan fingerprint density at radius 1 is 1.22 bits per heavy atom. The second-order valence-corrected chi connectivity index (χ2v) is 4.75. The van der Waals surface area contributed by atoms with Crippen LogP contribution in [0, 0.1) is 0 Å². The third-order valence-corrected chi connectivity index (χ3v) is 2.41. The smallest absolute Gasteiger partial charge is 0.246 e. The molecule has 5 nitrogen and oxygen atoms in total. The molecule has 0 aliphatic rings. The summed E-state index contributed by atoms with van der Waals surface area (Å²) >= 11 is 0. The Morgan fingerprint density at radius 3 is 2.56 bits per heavy atom. The molecule has 18 heavy (non-hydrogen) atoms. The van der Waals surface area contributed by atoms with Gasteiger partial charge in [0.2, 0.25) is 5.91 Å². The van der Waals surface area contributed by atoms with E-state index in [1.807, 2.05) is 20.8 Å². The lowest BCUT2D eigenvalue weighted by Gasteiger charge is -2.25. The number of amides is 1. The van der Waals surface area contributed by atoms with Crippen LogP contribution in [-0.2, 0) is 19.0 Å². The number of rotatable bonds is 11. The van der Waals surface area contributed by atoms with Gasteiger partial charge >= 0.3 is 0 Å². The Hall–Kier alpha value is -0.650. The molecule has 0 rings (SSSR count). The zero-order valence-corrected chi connectivity index (χ0v) is 12.1. The van der Waals surface area contributed by atoms with E-state index in [2.05, 4.69) is 5.32 Å². The van der Waals surface area contributed by atoms with Gasteiger partial charge in [-0.15, -0.1) is 0 Å². The van der Waals surface area contributed by atoms with Gasteiger partial charge in [-0.25, -0.2) is 0 Å². The van der Waals surface area contributed by atoms with E-state index in [1.165, 1.54) is 0 Å². The highest BCUT2D eigenvalue weighted by Crippen LogP contribution is 2.13. The molecule has 0 atom stereocenters. The van der Waals surface area contributed by atoms with E-state index in [1.54, 1.807) is 7.11 Å². The lowest BCUT2D eigenvalue weighted by atomic mass is 10.1. The SMILES string of the molecule is CCCOCC(=O)NCCOC(C)(C)CCOC. The number of hydrogen-bond donors (Lipinski definition) is 1. The summed E-state index contributed by atoms with van der Waals surface area (Å²) in [7, 11) is 1.67. The van der Waals surface area contributed by atoms with Crippen molar-refractivity contribution < 1.29 is 19.0 Å². The lowest BCUT2D eigenvalue weighted by molar-refractivity contribution is -0.126. The first-order valence-corrected chi connectivity index (χ1v) is 6.49. The second kappa shape index (κ2) is 10.3. The van der Waals surface area contributed by atoms with Crippen LogP contribution in [-0.4, -0.2) is 51.6 Å². The molecule has 108 valence electrons. The van der Waals surface area contributed by atoms with Gasteiger partial charge in [-0.05, 0) is 26.7 Å². The number of carbonyl (C=O) groups is 1. The number of carbonyl (C=O) groups excluding carboxylic acids is 1. The summed E-state index contributed by atoms with van der Waals surface area (Å²) in [5.41, 5.74) is -0.223. The zero-order chi connectivity index (χ0) is 13.9. The third-order valence-electron chi connectivity index (χ3n) is 2.41. The summed E-state index contributed by atoms with van der Waals surface area (Å²) in [4.78, 5) is 11.3. The van der Waals surface area contributed by atoms with Crippen molar-refractivity contribution in [2.75, 3.05) is 40.1 Å². The van der Waals surface area contributed by atoms with Crippen LogP contribution in [0.5, 0.6) is 0 Å². The van der Waals surface area contributed by atoms with Crippen molar-refractivity contribution in [1.82, 2.24) is 5.32 Å². The van der Waals surface area contributed by atoms with Crippen molar-refractivity contribution in [2.24, 2.45) is 0 Å². The maximum Gasteiger partial charge on any atom is 0.246 e. The largest absolute Gasteiger partial charge is 0.385 e. The minimum atomic E-state index is -0.223. The van der Waals surface area contributed by atoms with Gasteiger partial charge in [0.05, 0.1) is 12.2 Å². The number of ether oxygens (including phenoxy) is 3. The Labute approximate surface area is 110 Å². The van der Waals surface area contributed by atoms with Crippen LogP contribution in [0.25, 0.3) is 0 Å². The summed E-state index contributed by atoms with van der Waals surface area (Å²) in [6.45, 7) is 8.45. The first kappa shape index (κ1) is 17.4. The molecular weight excluding hydrogens is 234 g/mol. The number of hydrogen-bond acceptors (Lipinski definition) is 4. The molecule has 0 saturated carbocycles. The number of nitrogens with one attached hydrogen (secondary N) is 1. The fourth-order valence-electron chi connectivity index (χ4n) is 1.30. The van der Waals surface area contributed by atoms with E-state index >= 15 is 0 Å². The molecule has 0 aromatic rings. The van der Waals surface area contributed by atoms with Gasteiger partial charge in [0, 0.05) is 26.9 Å². The van der Waals surface area contributed by atoms with Gasteiger partial charge in [0.1, 0.15) is 6.61 Å². The van der Waals surface area contributed by atoms with Gasteiger partial charge < -0.3 is 19.5 Å². The van der Waals surface area contributed by atoms with E-state index in [4.69, 9.17) is 14.2 Å². The highest BCUT2D eigenvalue weighted by Gasteiger charge is 2.17. The molecule has 1 N–H and O–H groups in total. The predicted octanol–water partition coefficient (Wildman–Crippen LogP) is 1.36. The maximum absolute atomic E-state index is 11.3. The first-order chi connectivity index (χ1) is 8.52. The molecular formula is C13H27NO4. The van der Waals surface area contributed by atoms with Crippen LogP contribution >= 0.6 is 0 Å². The Kier molecular flexibility index (Phi) is 9.92. The van der Waals surface area contributed by atoms with Gasteiger partial charge in [-0.3, -0.25) is 4.79 Å². The fraction of sp³-hybridized carbons (Fsp3) is 0.923. The normalized spacial score (nSPS) is 11.6. The molecule has 0 aliphatic carbocycles. The van der Waals surface area contributed by atoms with Crippen LogP contribution in [0.3, 0.4) is 0 Å². The molecule has 0 radical (unpaired) electrons. The Morgan fingerprint density at radius 2 is 1.94 bits per heavy atom. The molecule has 0 spiro atoms. The molecule has 0 aromatic heterocycles. The summed E-state index contributed by atoms with van der Waals surface area (Å²) < 4.78 is 15.8. The summed E-state index contributed by atoms with van der Waals surface area (Å²) in [5.74, 6) is -0.0956. The van der Waals surface area contributed by atoms with Crippen molar-refractivity contribution in [3.8, 4) is 0 Å². The first-order valence-electron chi connectivity index (χ1n) is 6.49. The van der Waals surface area contributed by atoms with Gasteiger partial charge in [0.15, 0.2) is 0 Å². The Balaban J connectivity index is 3.51. The van der Waals surface area contributed by atoms with Crippen LogP contribution in [0.1, 0.15) is 33.6 Å². The van der Waals surface area contributed by atoms with E-state index in [0.717, 1.165) is 12.8 Å². The quantitative estimate of drug-likeness (QED) is 0.571. The monoisotopic (exact) mass is 261 g/mol. The molecule has 0 aromatic carbocycles. The van der Waals surface area contributed by atoms with Crippen LogP contribution in [0.2, 0.25) is 0 Å². The zero-order valence-electron chi connectivity index (χ0n) is 12.1. The van der Waals surface area contributed by atoms with E-state index in [9.17, 15) is 4.79 Å². The molecule has 0 bridgehead atoms. The lowest BCUT2D eigenvalue weighted by Crippen LogP contribution is -2.34. The standard InChI is InChI=1S/C13H27NO4/c1-5-8-17-11-12(15)14-7-10-18-13(2,3)6-9-16-4/h5-11H2,1-4H3,(H,14,15). The minimum absolute atomic E-state index is 0.0956. The molecule has 5 heteroatoms. The second-order valence-electron chi connectivity index (χ2n) is 4.75. The maximum atomic E-state index is 11.3. The summed E-state index contributed by atoms with van der Waals surface area (Å²) in [5, 5.41) is 2.75. The summed E-state index contributed by atoms with van der Waals surface area (Å²) in [6, 6.07) is 0. The van der Waals surface area contributed by atoms with Gasteiger partial charge in [0.25, 0.3) is 0 Å². The van der Waals surface area contributed by atoms with Crippen molar-refractivity contribution in [1.29, 1.82) is 0 Å². The van der Waals surface area contributed by atoms with Crippen molar-refractivity contribution >= 4 is 5.91 Å². The van der Waals surface area contributed by atoms with E-state index in [-0.39, 0.29) is 18.1 Å². The molecule has 0 aliphatic heterocycles.